The van der Waals surface area contributed by atoms with Gasteiger partial charge in [0.15, 0.2) is 0 Å². The van der Waals surface area contributed by atoms with Crippen LogP contribution in [-0.4, -0.2) is 33.3 Å². The minimum Gasteiger partial charge on any atom is -0.399 e. The molecule has 6 rings (SSSR count). The maximum atomic E-state index is 6.21. The summed E-state index contributed by atoms with van der Waals surface area (Å²) in [7, 11) is -0.387. The zero-order chi connectivity index (χ0) is 22.8. The lowest BCUT2D eigenvalue weighted by atomic mass is 9.78. The van der Waals surface area contributed by atoms with Crippen molar-refractivity contribution in [3.05, 3.63) is 72.9 Å². The second-order valence-electron chi connectivity index (χ2n) is 9.65. The molecular formula is C27H24BN3O2. The molecule has 33 heavy (non-hydrogen) atoms. The van der Waals surface area contributed by atoms with Crippen LogP contribution < -0.4 is 5.46 Å². The average Bonchev–Trinajstić information content (AvgIpc) is 3.04. The van der Waals surface area contributed by atoms with Crippen molar-refractivity contribution in [2.24, 2.45) is 0 Å². The van der Waals surface area contributed by atoms with E-state index in [0.717, 1.165) is 49.6 Å². The highest BCUT2D eigenvalue weighted by Gasteiger charge is 2.51. The highest BCUT2D eigenvalue weighted by Crippen LogP contribution is 2.36. The Morgan fingerprint density at radius 1 is 0.667 bits per heavy atom. The van der Waals surface area contributed by atoms with Crippen LogP contribution in [0.1, 0.15) is 27.7 Å². The zero-order valence-electron chi connectivity index (χ0n) is 19.2. The molecule has 1 fully saturated rings. The van der Waals surface area contributed by atoms with Gasteiger partial charge in [0.1, 0.15) is 0 Å². The van der Waals surface area contributed by atoms with Crippen molar-refractivity contribution < 1.29 is 9.31 Å². The number of fused-ring (bicyclic) bond motifs is 4. The van der Waals surface area contributed by atoms with Crippen molar-refractivity contribution >= 4 is 45.3 Å². The van der Waals surface area contributed by atoms with Gasteiger partial charge in [-0.3, -0.25) is 4.98 Å². The van der Waals surface area contributed by atoms with E-state index in [-0.39, 0.29) is 18.3 Å². The van der Waals surface area contributed by atoms with Crippen LogP contribution in [0.5, 0.6) is 0 Å². The van der Waals surface area contributed by atoms with E-state index in [0.29, 0.717) is 0 Å². The first kappa shape index (κ1) is 20.3. The summed E-state index contributed by atoms with van der Waals surface area (Å²) in [5, 5.41) is 3.19. The van der Waals surface area contributed by atoms with Crippen molar-refractivity contribution in [1.82, 2.24) is 15.0 Å². The molecule has 0 saturated carbocycles. The number of aromatic nitrogens is 3. The highest BCUT2D eigenvalue weighted by molar-refractivity contribution is 6.62. The van der Waals surface area contributed by atoms with E-state index >= 15 is 0 Å². The summed E-state index contributed by atoms with van der Waals surface area (Å²) in [4.78, 5) is 14.4. The van der Waals surface area contributed by atoms with Gasteiger partial charge in [0.05, 0.1) is 39.1 Å². The normalized spacial score (nSPS) is 17.3. The SMILES string of the molecule is CC1(C)OB(c2ccc3nc(-c4ccc5ccc6cccnc6c5n4)ccc3c2)OC1(C)C. The van der Waals surface area contributed by atoms with Crippen LogP contribution in [0.2, 0.25) is 0 Å². The second kappa shape index (κ2) is 7.08. The van der Waals surface area contributed by atoms with Gasteiger partial charge in [-0.05, 0) is 62.8 Å². The van der Waals surface area contributed by atoms with Gasteiger partial charge in [-0.2, -0.15) is 0 Å². The molecule has 0 atom stereocenters. The third-order valence-corrected chi connectivity index (χ3v) is 6.93. The Labute approximate surface area is 192 Å². The summed E-state index contributed by atoms with van der Waals surface area (Å²) in [6.45, 7) is 8.27. The van der Waals surface area contributed by atoms with Crippen LogP contribution >= 0.6 is 0 Å². The first-order chi connectivity index (χ1) is 15.8. The molecule has 3 aromatic heterocycles. The Morgan fingerprint density at radius 2 is 1.30 bits per heavy atom. The number of nitrogens with zero attached hydrogens (tertiary/aromatic N) is 3. The van der Waals surface area contributed by atoms with Crippen LogP contribution in [-0.2, 0) is 9.31 Å². The van der Waals surface area contributed by atoms with Crippen molar-refractivity contribution in [3.63, 3.8) is 0 Å². The zero-order valence-corrected chi connectivity index (χ0v) is 19.2. The van der Waals surface area contributed by atoms with Crippen LogP contribution in [0, 0.1) is 0 Å². The molecule has 5 aromatic rings. The molecule has 1 aliphatic heterocycles. The number of hydrogen-bond donors (Lipinski definition) is 0. The van der Waals surface area contributed by atoms with Crippen molar-refractivity contribution in [3.8, 4) is 11.4 Å². The first-order valence-corrected chi connectivity index (χ1v) is 11.2. The van der Waals surface area contributed by atoms with E-state index in [1.807, 2.05) is 36.5 Å². The Bertz CT molecular complexity index is 1530. The number of benzene rings is 2. The quantitative estimate of drug-likeness (QED) is 0.280. The summed E-state index contributed by atoms with van der Waals surface area (Å²) in [5.41, 5.74) is 4.64. The molecule has 0 aliphatic carbocycles. The molecule has 6 heteroatoms. The Balaban J connectivity index is 1.39. The molecule has 0 unspecified atom stereocenters. The molecule has 0 N–H and O–H groups in total. The summed E-state index contributed by atoms with van der Waals surface area (Å²) in [5.74, 6) is 0. The maximum absolute atomic E-state index is 6.21. The fourth-order valence-electron chi connectivity index (χ4n) is 4.28. The summed E-state index contributed by atoms with van der Waals surface area (Å²) >= 11 is 0. The topological polar surface area (TPSA) is 57.1 Å². The minimum absolute atomic E-state index is 0.366. The molecule has 162 valence electrons. The van der Waals surface area contributed by atoms with Crippen molar-refractivity contribution in [2.75, 3.05) is 0 Å². The first-order valence-electron chi connectivity index (χ1n) is 11.2. The third kappa shape index (κ3) is 3.29. The van der Waals surface area contributed by atoms with Gasteiger partial charge in [0.2, 0.25) is 0 Å². The molecule has 5 nitrogen and oxygen atoms in total. The third-order valence-electron chi connectivity index (χ3n) is 6.93. The van der Waals surface area contributed by atoms with Gasteiger partial charge < -0.3 is 9.31 Å². The molecule has 4 heterocycles. The summed E-state index contributed by atoms with van der Waals surface area (Å²) in [6.07, 6.45) is 1.81. The second-order valence-corrected chi connectivity index (χ2v) is 9.65. The van der Waals surface area contributed by atoms with Gasteiger partial charge in [0, 0.05) is 17.0 Å². The predicted molar refractivity (Wildman–Crippen MR) is 133 cm³/mol. The standard InChI is InChI=1S/C27H24BN3O2/c1-26(2)27(3,4)33-28(32-26)20-11-14-21-19(16-20)10-13-22(30-21)23-12-9-18-8-7-17-6-5-15-29-24(17)25(18)31-23/h5-16H,1-4H3. The van der Waals surface area contributed by atoms with E-state index < -0.39 is 0 Å². The number of hydrogen-bond acceptors (Lipinski definition) is 5. The Kier molecular flexibility index (Phi) is 4.35. The largest absolute Gasteiger partial charge is 0.494 e. The van der Waals surface area contributed by atoms with Gasteiger partial charge in [-0.15, -0.1) is 0 Å². The molecule has 0 spiro atoms. The van der Waals surface area contributed by atoms with Crippen LogP contribution in [0.3, 0.4) is 0 Å². The van der Waals surface area contributed by atoms with E-state index in [4.69, 9.17) is 19.3 Å². The summed E-state index contributed by atoms with van der Waals surface area (Å²) in [6, 6.07) is 22.5. The van der Waals surface area contributed by atoms with Gasteiger partial charge in [-0.25, -0.2) is 9.97 Å². The lowest BCUT2D eigenvalue weighted by Gasteiger charge is -2.32. The molecule has 0 amide bonds. The fraction of sp³-hybridized carbons (Fsp3) is 0.222. The Morgan fingerprint density at radius 3 is 2.06 bits per heavy atom. The maximum Gasteiger partial charge on any atom is 0.494 e. The minimum atomic E-state index is -0.387. The van der Waals surface area contributed by atoms with Crippen LogP contribution in [0.15, 0.2) is 72.9 Å². The van der Waals surface area contributed by atoms with Gasteiger partial charge in [-0.1, -0.05) is 42.5 Å². The highest BCUT2D eigenvalue weighted by atomic mass is 16.7. The molecule has 1 aliphatic rings. The number of pyridine rings is 3. The van der Waals surface area contributed by atoms with Gasteiger partial charge >= 0.3 is 7.12 Å². The van der Waals surface area contributed by atoms with E-state index in [1.54, 1.807) is 0 Å². The van der Waals surface area contributed by atoms with Crippen LogP contribution in [0.25, 0.3) is 44.1 Å². The van der Waals surface area contributed by atoms with Crippen molar-refractivity contribution in [1.29, 1.82) is 0 Å². The van der Waals surface area contributed by atoms with Crippen molar-refractivity contribution in [2.45, 2.75) is 38.9 Å². The van der Waals surface area contributed by atoms with Gasteiger partial charge in [0.25, 0.3) is 0 Å². The summed E-state index contributed by atoms with van der Waals surface area (Å²) < 4.78 is 12.4. The molecule has 0 bridgehead atoms. The monoisotopic (exact) mass is 433 g/mol. The lowest BCUT2D eigenvalue weighted by molar-refractivity contribution is 0.00578. The molecule has 2 aromatic carbocycles. The number of rotatable bonds is 2. The van der Waals surface area contributed by atoms with E-state index in [1.165, 1.54) is 0 Å². The smallest absolute Gasteiger partial charge is 0.399 e. The van der Waals surface area contributed by atoms with Crippen LogP contribution in [0.4, 0.5) is 0 Å². The lowest BCUT2D eigenvalue weighted by Crippen LogP contribution is -2.41. The fourth-order valence-corrected chi connectivity index (χ4v) is 4.28. The van der Waals surface area contributed by atoms with E-state index in [9.17, 15) is 0 Å². The molecular weight excluding hydrogens is 409 g/mol. The average molecular weight is 433 g/mol. The molecule has 1 saturated heterocycles. The predicted octanol–water partition coefficient (Wildman–Crippen LogP) is 5.30. The molecule has 0 radical (unpaired) electrons. The Hall–Kier alpha value is -3.35. The van der Waals surface area contributed by atoms with E-state index in [2.05, 4.69) is 69.1 Å².